The second kappa shape index (κ2) is 40.2. The van der Waals surface area contributed by atoms with Gasteiger partial charge in [-0.05, 0) is 130 Å². The van der Waals surface area contributed by atoms with Gasteiger partial charge < -0.3 is 11.3 Å². The first-order chi connectivity index (χ1) is 14.8. The van der Waals surface area contributed by atoms with Gasteiger partial charge >= 0.3 is 56.7 Å². The zero-order valence-electron chi connectivity index (χ0n) is 18.5. The molecule has 0 amide bonds. The largest absolute Gasteiger partial charge is 2.00 e. The molecule has 0 aliphatic heterocycles. The summed E-state index contributed by atoms with van der Waals surface area (Å²) < 4.78 is 15.0. The van der Waals surface area contributed by atoms with Crippen molar-refractivity contribution in [2.24, 2.45) is 0 Å². The van der Waals surface area contributed by atoms with E-state index in [1.165, 1.54) is 5.92 Å². The van der Waals surface area contributed by atoms with Crippen molar-refractivity contribution < 1.29 is 60.5 Å². The molecule has 0 unspecified atom stereocenters. The van der Waals surface area contributed by atoms with E-state index in [0.29, 0.717) is 0 Å². The number of hydrogen-bond donors (Lipinski definition) is 0. The van der Waals surface area contributed by atoms with Gasteiger partial charge in [-0.1, -0.05) is 12.8 Å². The minimum atomic E-state index is 0. The van der Waals surface area contributed by atoms with Crippen LogP contribution in [0.25, 0.3) is 0 Å². The van der Waals surface area contributed by atoms with Crippen molar-refractivity contribution in [3.63, 3.8) is 0 Å². The Morgan fingerprint density at radius 2 is 0.818 bits per heavy atom. The molecule has 0 heterocycles. The predicted octanol–water partition coefficient (Wildman–Crippen LogP) is 4.51. The van der Waals surface area contributed by atoms with Crippen molar-refractivity contribution in [2.45, 2.75) is 0 Å². The summed E-state index contributed by atoms with van der Waals surface area (Å²) in [6.45, 7) is 11.0. The molecule has 0 saturated heterocycles. The van der Waals surface area contributed by atoms with Gasteiger partial charge in [-0.2, -0.15) is 12.3 Å². The molecule has 33 heavy (non-hydrogen) atoms. The van der Waals surface area contributed by atoms with Crippen LogP contribution in [0.2, 0.25) is 0 Å². The average Bonchev–Trinajstić information content (AvgIpc) is 3.62. The first-order valence-electron chi connectivity index (χ1n) is 9.09. The van der Waals surface area contributed by atoms with Gasteiger partial charge in [0.15, 0.2) is 0 Å². The summed E-state index contributed by atoms with van der Waals surface area (Å²) in [7, 11) is 4.02. The Kier molecular flexibility index (Phi) is 53.6. The van der Waals surface area contributed by atoms with Crippen molar-refractivity contribution in [3.8, 4) is 0 Å². The second-order valence-electron chi connectivity index (χ2n) is 5.58. The van der Waals surface area contributed by atoms with Gasteiger partial charge in [0.25, 0.3) is 0 Å². The third-order valence-corrected chi connectivity index (χ3v) is 3.03. The van der Waals surface area contributed by atoms with E-state index in [2.05, 4.69) is 32.6 Å². The summed E-state index contributed by atoms with van der Waals surface area (Å²) >= 11 is 0. The monoisotopic (exact) mass is 566 g/mol. The van der Waals surface area contributed by atoms with Crippen LogP contribution in [0.3, 0.4) is 0 Å². The zero-order chi connectivity index (χ0) is 22.7. The second-order valence-corrected chi connectivity index (χ2v) is 5.58. The molecule has 3 nitrogen and oxygen atoms in total. The summed E-state index contributed by atoms with van der Waals surface area (Å²) in [5.41, 5.74) is 0. The molecule has 4 fully saturated rings. The fraction of sp³-hybridized carbons (Fsp3) is 0.0741. The smallest absolute Gasteiger partial charge is 0.0312 e. The Balaban J connectivity index is -0.000000103. The van der Waals surface area contributed by atoms with Gasteiger partial charge in [-0.25, -0.2) is 0 Å². The van der Waals surface area contributed by atoms with E-state index in [4.69, 9.17) is 9.30 Å². The molecule has 22 radical (unpaired) electrons. The summed E-state index contributed by atoms with van der Waals surface area (Å²) in [5, 5.41) is 0. The van der Waals surface area contributed by atoms with E-state index in [1.807, 2.05) is 141 Å². The fourth-order valence-electron chi connectivity index (χ4n) is 1.79. The Hall–Kier alpha value is 0.998. The third kappa shape index (κ3) is 37.7. The molecule has 0 N–H and O–H groups in total. The molecule has 0 aromatic heterocycles. The van der Waals surface area contributed by atoms with E-state index in [0.717, 1.165) is 0 Å². The molecule has 0 atom stereocenters. The van der Waals surface area contributed by atoms with Crippen LogP contribution in [0.15, 0.2) is 0 Å². The van der Waals surface area contributed by atoms with Crippen molar-refractivity contribution >= 4 is 0 Å². The topological polar surface area (TPSA) is 43.0 Å². The molecule has 174 valence electrons. The Labute approximate surface area is 239 Å². The molecular weight excluding hydrogens is 538 g/mol. The SMILES string of the molecule is CN(C)[CH][CH][CH-][C]1[CH][CH][CH][CH]1.[C-]#[O+].[C-]#[O+].[CH]1[CH][CH][CH][CH]1.[CH]1[CH][CH][CH][CH]1.[CH]1[CH][CH][CH][CH]1.[Fe+2].[Fe+2].[Fe]. The minimum Gasteiger partial charge on any atom is -0.0312 e. The molecule has 0 aromatic carbocycles. The zero-order valence-corrected chi connectivity index (χ0v) is 21.8. The maximum Gasteiger partial charge on any atom is 2.00 e. The quantitative estimate of drug-likeness (QED) is 0.281. The maximum atomic E-state index is 7.50. The number of rotatable bonds is 4. The fourth-order valence-corrected chi connectivity index (χ4v) is 1.79. The molecule has 4 saturated carbocycles. The molecule has 4 aliphatic carbocycles. The van der Waals surface area contributed by atoms with Gasteiger partial charge in [-0.15, -0.1) is 0 Å². The molecule has 6 heteroatoms. The van der Waals surface area contributed by atoms with Crippen molar-refractivity contribution in [2.75, 3.05) is 14.1 Å². The standard InChI is InChI=1S/C10H13N.3C5H5.2CO.3Fe/c1-11(2)9-5-8-10-6-3-4-7-10;3*1-2-4-5-3-1;2*1-2;;;/h3-9H,1-2H3;3*1-5H;;;;;/q-1;;;;;;;2*+2. The third-order valence-electron chi connectivity index (χ3n) is 3.03. The van der Waals surface area contributed by atoms with E-state index < -0.39 is 0 Å². The van der Waals surface area contributed by atoms with Crippen molar-refractivity contribution in [3.05, 3.63) is 161 Å². The van der Waals surface area contributed by atoms with Gasteiger partial charge in [0.1, 0.15) is 0 Å². The number of hydrogen-bond acceptors (Lipinski definition) is 1. The van der Waals surface area contributed by atoms with E-state index in [-0.39, 0.29) is 51.2 Å². The molecule has 0 aromatic rings. The Morgan fingerprint density at radius 1 is 0.576 bits per heavy atom. The maximum absolute atomic E-state index is 7.50. The van der Waals surface area contributed by atoms with Crippen LogP contribution in [-0.2, 0) is 60.5 Å². The van der Waals surface area contributed by atoms with Gasteiger partial charge in [0.05, 0.1) is 0 Å². The van der Waals surface area contributed by atoms with Crippen LogP contribution in [0, 0.1) is 161 Å². The summed E-state index contributed by atoms with van der Waals surface area (Å²) in [6.07, 6.45) is 42.4. The average molecular weight is 566 g/mol. The van der Waals surface area contributed by atoms with Crippen LogP contribution < -0.4 is 0 Å². The van der Waals surface area contributed by atoms with Crippen LogP contribution in [-0.4, -0.2) is 19.0 Å². The molecule has 4 rings (SSSR count). The van der Waals surface area contributed by atoms with Crippen molar-refractivity contribution in [1.82, 2.24) is 4.90 Å². The summed E-state index contributed by atoms with van der Waals surface area (Å²) in [4.78, 5) is 2.01. The summed E-state index contributed by atoms with van der Waals surface area (Å²) in [5.74, 6) is 1.25. The van der Waals surface area contributed by atoms with Gasteiger partial charge in [0, 0.05) is 17.1 Å². The predicted molar refractivity (Wildman–Crippen MR) is 119 cm³/mol. The van der Waals surface area contributed by atoms with Crippen LogP contribution in [0.4, 0.5) is 0 Å². The van der Waals surface area contributed by atoms with Crippen LogP contribution in [0.1, 0.15) is 0 Å². The van der Waals surface area contributed by atoms with Crippen LogP contribution in [0.5, 0.6) is 0 Å². The molecule has 4 aliphatic rings. The normalized spacial score (nSPS) is 17.7. The Morgan fingerprint density at radius 3 is 1.03 bits per heavy atom. The van der Waals surface area contributed by atoms with E-state index in [1.54, 1.807) is 0 Å². The van der Waals surface area contributed by atoms with Gasteiger partial charge in [0.2, 0.25) is 0 Å². The van der Waals surface area contributed by atoms with Crippen molar-refractivity contribution in [1.29, 1.82) is 0 Å². The van der Waals surface area contributed by atoms with Gasteiger partial charge in [-0.3, -0.25) is 0 Å². The van der Waals surface area contributed by atoms with Crippen LogP contribution >= 0.6 is 0 Å². The number of nitrogens with zero attached hydrogens (tertiary/aromatic N) is 1. The molecule has 0 spiro atoms. The Bertz CT molecular complexity index is 295. The molecular formula is C27H28Fe3NO2+3. The minimum absolute atomic E-state index is 0. The summed E-state index contributed by atoms with van der Waals surface area (Å²) in [6, 6.07) is 0. The van der Waals surface area contributed by atoms with E-state index >= 15 is 0 Å². The first-order valence-corrected chi connectivity index (χ1v) is 9.09. The first kappa shape index (κ1) is 44.0. The molecule has 0 bridgehead atoms. The van der Waals surface area contributed by atoms with E-state index in [9.17, 15) is 0 Å².